The van der Waals surface area contributed by atoms with Crippen LogP contribution in [0.4, 0.5) is 0 Å². The first kappa shape index (κ1) is 11.2. The van der Waals surface area contributed by atoms with Crippen LogP contribution in [-0.4, -0.2) is 18.4 Å². The molecule has 0 saturated heterocycles. The van der Waals surface area contributed by atoms with Gasteiger partial charge in [0.25, 0.3) is 0 Å². The Labute approximate surface area is 84.8 Å². The molecule has 1 aliphatic carbocycles. The molecule has 0 radical (unpaired) electrons. The third-order valence-corrected chi connectivity index (χ3v) is 3.53. The van der Waals surface area contributed by atoms with E-state index in [1.54, 1.807) is 0 Å². The number of esters is 1. The van der Waals surface area contributed by atoms with E-state index in [0.29, 0.717) is 11.8 Å². The monoisotopic (exact) mass is 198 g/mol. The van der Waals surface area contributed by atoms with E-state index in [-0.39, 0.29) is 30.2 Å². The Morgan fingerprint density at radius 1 is 1.29 bits per heavy atom. The minimum Gasteiger partial charge on any atom is -0.465 e. The predicted molar refractivity (Wildman–Crippen MR) is 52.6 cm³/mol. The number of carbonyl (C=O) groups is 2. The molecule has 0 bridgehead atoms. The molecule has 4 atom stereocenters. The fourth-order valence-corrected chi connectivity index (χ4v) is 2.12. The maximum atomic E-state index is 11.7. The van der Waals surface area contributed by atoms with E-state index in [2.05, 4.69) is 13.8 Å². The first-order chi connectivity index (χ1) is 6.45. The first-order valence-corrected chi connectivity index (χ1v) is 5.12. The second-order valence-electron chi connectivity index (χ2n) is 4.32. The van der Waals surface area contributed by atoms with Gasteiger partial charge in [0.2, 0.25) is 0 Å². The molecular weight excluding hydrogens is 180 g/mol. The maximum Gasteiger partial charge on any atom is 0.302 e. The van der Waals surface area contributed by atoms with Crippen LogP contribution < -0.4 is 0 Å². The molecule has 3 nitrogen and oxygen atoms in total. The third-order valence-electron chi connectivity index (χ3n) is 3.53. The molecule has 1 saturated carbocycles. The van der Waals surface area contributed by atoms with Crippen LogP contribution >= 0.6 is 0 Å². The van der Waals surface area contributed by atoms with Gasteiger partial charge >= 0.3 is 5.97 Å². The van der Waals surface area contributed by atoms with Gasteiger partial charge in [0, 0.05) is 12.8 Å². The van der Waals surface area contributed by atoms with E-state index in [1.807, 2.05) is 6.92 Å². The Balaban J connectivity index is 2.61. The average Bonchev–Trinajstić information content (AvgIpc) is 2.29. The van der Waals surface area contributed by atoms with Gasteiger partial charge in [0.15, 0.2) is 0 Å². The molecule has 3 heteroatoms. The van der Waals surface area contributed by atoms with Gasteiger partial charge in [0.1, 0.15) is 12.4 Å². The van der Waals surface area contributed by atoms with Crippen molar-refractivity contribution < 1.29 is 14.3 Å². The zero-order chi connectivity index (χ0) is 10.9. The van der Waals surface area contributed by atoms with Crippen LogP contribution in [0.25, 0.3) is 0 Å². The van der Waals surface area contributed by atoms with Gasteiger partial charge in [0.05, 0.1) is 5.92 Å². The van der Waals surface area contributed by atoms with Crippen LogP contribution in [0.1, 0.15) is 27.7 Å². The summed E-state index contributed by atoms with van der Waals surface area (Å²) in [6.07, 6.45) is 0. The van der Waals surface area contributed by atoms with Gasteiger partial charge < -0.3 is 4.74 Å². The summed E-state index contributed by atoms with van der Waals surface area (Å²) in [5.41, 5.74) is 0. The lowest BCUT2D eigenvalue weighted by Crippen LogP contribution is -2.22. The van der Waals surface area contributed by atoms with Gasteiger partial charge in [-0.2, -0.15) is 0 Å². The highest BCUT2D eigenvalue weighted by Gasteiger charge is 2.43. The number of Topliss-reactive ketones (excluding diaryl/α,β-unsaturated/α-hetero) is 1. The molecule has 4 unspecified atom stereocenters. The van der Waals surface area contributed by atoms with Crippen LogP contribution in [0.2, 0.25) is 0 Å². The second kappa shape index (κ2) is 4.11. The van der Waals surface area contributed by atoms with Crippen LogP contribution in [0.15, 0.2) is 0 Å². The largest absolute Gasteiger partial charge is 0.465 e. The molecule has 80 valence electrons. The number of hydrogen-bond acceptors (Lipinski definition) is 3. The van der Waals surface area contributed by atoms with Gasteiger partial charge in [-0.3, -0.25) is 9.59 Å². The molecule has 0 aromatic heterocycles. The highest BCUT2D eigenvalue weighted by molar-refractivity contribution is 5.86. The number of ketones is 1. The van der Waals surface area contributed by atoms with Gasteiger partial charge in [-0.15, -0.1) is 0 Å². The van der Waals surface area contributed by atoms with E-state index >= 15 is 0 Å². The van der Waals surface area contributed by atoms with Crippen molar-refractivity contribution in [3.8, 4) is 0 Å². The number of carbonyl (C=O) groups excluding carboxylic acids is 2. The Morgan fingerprint density at radius 3 is 2.21 bits per heavy atom. The van der Waals surface area contributed by atoms with Crippen molar-refractivity contribution in [1.82, 2.24) is 0 Å². The lowest BCUT2D eigenvalue weighted by molar-refractivity contribution is -0.143. The SMILES string of the molecule is CC(=O)OCC1C(=O)C(C)C(C)C1C. The summed E-state index contributed by atoms with van der Waals surface area (Å²) in [7, 11) is 0. The summed E-state index contributed by atoms with van der Waals surface area (Å²) in [5.74, 6) is 0.651. The second-order valence-corrected chi connectivity index (χ2v) is 4.32. The van der Waals surface area contributed by atoms with Crippen molar-refractivity contribution in [2.24, 2.45) is 23.7 Å². The summed E-state index contributed by atoms with van der Waals surface area (Å²) >= 11 is 0. The Kier molecular flexibility index (Phi) is 3.29. The van der Waals surface area contributed by atoms with E-state index in [4.69, 9.17) is 4.74 Å². The molecule has 0 amide bonds. The normalized spacial score (nSPS) is 37.3. The molecular formula is C11H18O3. The van der Waals surface area contributed by atoms with Crippen molar-refractivity contribution in [1.29, 1.82) is 0 Å². The zero-order valence-corrected chi connectivity index (χ0v) is 9.24. The Hall–Kier alpha value is -0.860. The summed E-state index contributed by atoms with van der Waals surface area (Å²) in [5, 5.41) is 0. The maximum absolute atomic E-state index is 11.7. The van der Waals surface area contributed by atoms with Gasteiger partial charge in [-0.25, -0.2) is 0 Å². The molecule has 1 fully saturated rings. The molecule has 1 rings (SSSR count). The molecule has 0 N–H and O–H groups in total. The first-order valence-electron chi connectivity index (χ1n) is 5.12. The average molecular weight is 198 g/mol. The topological polar surface area (TPSA) is 43.4 Å². The van der Waals surface area contributed by atoms with Crippen LogP contribution in [0.3, 0.4) is 0 Å². The molecule has 14 heavy (non-hydrogen) atoms. The van der Waals surface area contributed by atoms with Gasteiger partial charge in [-0.1, -0.05) is 20.8 Å². The standard InChI is InChI=1S/C11H18O3/c1-6-7(2)10(5-14-9(4)12)11(13)8(6)3/h6-8,10H,5H2,1-4H3. The molecule has 0 spiro atoms. The summed E-state index contributed by atoms with van der Waals surface area (Å²) in [6.45, 7) is 7.72. The lowest BCUT2D eigenvalue weighted by atomic mass is 9.91. The van der Waals surface area contributed by atoms with Crippen molar-refractivity contribution in [2.75, 3.05) is 6.61 Å². The predicted octanol–water partition coefficient (Wildman–Crippen LogP) is 1.66. The van der Waals surface area contributed by atoms with E-state index in [0.717, 1.165) is 0 Å². The van der Waals surface area contributed by atoms with Crippen molar-refractivity contribution in [2.45, 2.75) is 27.7 Å². The quantitative estimate of drug-likeness (QED) is 0.634. The number of rotatable bonds is 2. The van der Waals surface area contributed by atoms with Crippen molar-refractivity contribution in [3.05, 3.63) is 0 Å². The summed E-state index contributed by atoms with van der Waals surface area (Å²) in [6, 6.07) is 0. The molecule has 0 heterocycles. The smallest absolute Gasteiger partial charge is 0.302 e. The highest BCUT2D eigenvalue weighted by atomic mass is 16.5. The molecule has 0 aromatic carbocycles. The third kappa shape index (κ3) is 1.97. The van der Waals surface area contributed by atoms with Crippen LogP contribution in [-0.2, 0) is 14.3 Å². The minimum absolute atomic E-state index is 0.0936. The molecule has 1 aliphatic rings. The van der Waals surface area contributed by atoms with Crippen LogP contribution in [0.5, 0.6) is 0 Å². The molecule has 0 aliphatic heterocycles. The minimum atomic E-state index is -0.308. The number of hydrogen-bond donors (Lipinski definition) is 0. The zero-order valence-electron chi connectivity index (χ0n) is 9.24. The van der Waals surface area contributed by atoms with E-state index in [9.17, 15) is 9.59 Å². The highest BCUT2D eigenvalue weighted by Crippen LogP contribution is 2.38. The van der Waals surface area contributed by atoms with Gasteiger partial charge in [-0.05, 0) is 11.8 Å². The number of ether oxygens (including phenoxy) is 1. The summed E-state index contributed by atoms with van der Waals surface area (Å²) in [4.78, 5) is 22.4. The fraction of sp³-hybridized carbons (Fsp3) is 0.818. The Morgan fingerprint density at radius 2 is 1.86 bits per heavy atom. The summed E-state index contributed by atoms with van der Waals surface area (Å²) < 4.78 is 4.90. The molecule has 0 aromatic rings. The Bertz CT molecular complexity index is 247. The van der Waals surface area contributed by atoms with Crippen molar-refractivity contribution in [3.63, 3.8) is 0 Å². The fourth-order valence-electron chi connectivity index (χ4n) is 2.12. The van der Waals surface area contributed by atoms with E-state index < -0.39 is 0 Å². The van der Waals surface area contributed by atoms with E-state index in [1.165, 1.54) is 6.92 Å². The van der Waals surface area contributed by atoms with Crippen LogP contribution in [0, 0.1) is 23.7 Å². The van der Waals surface area contributed by atoms with Crippen molar-refractivity contribution >= 4 is 11.8 Å². The lowest BCUT2D eigenvalue weighted by Gasteiger charge is -2.16.